The minimum Gasteiger partial charge on any atom is -0.481 e. The van der Waals surface area contributed by atoms with Gasteiger partial charge < -0.3 is 15.2 Å². The average molecular weight is 213 g/mol. The van der Waals surface area contributed by atoms with Crippen molar-refractivity contribution >= 4 is 12.1 Å². The fourth-order valence-electron chi connectivity index (χ4n) is 3.05. The molecule has 0 saturated heterocycles. The van der Waals surface area contributed by atoms with Gasteiger partial charge in [0.1, 0.15) is 0 Å². The van der Waals surface area contributed by atoms with Gasteiger partial charge in [-0.3, -0.25) is 4.79 Å². The first kappa shape index (κ1) is 10.3. The van der Waals surface area contributed by atoms with Crippen molar-refractivity contribution in [2.75, 3.05) is 7.11 Å². The van der Waals surface area contributed by atoms with Crippen molar-refractivity contribution in [1.29, 1.82) is 0 Å². The smallest absolute Gasteiger partial charge is 0.407 e. The molecule has 0 aromatic heterocycles. The molecule has 4 unspecified atom stereocenters. The molecule has 2 rings (SSSR count). The minimum absolute atomic E-state index is 0.231. The molecule has 2 aliphatic rings. The van der Waals surface area contributed by atoms with E-state index in [1.165, 1.54) is 7.11 Å². The number of carboxylic acids is 1. The number of methoxy groups -OCH3 is 1. The molecular weight excluding hydrogens is 198 g/mol. The van der Waals surface area contributed by atoms with Crippen molar-refractivity contribution in [3.8, 4) is 0 Å². The third-order valence-corrected chi connectivity index (χ3v) is 3.67. The Morgan fingerprint density at radius 1 is 1.33 bits per heavy atom. The van der Waals surface area contributed by atoms with Crippen molar-refractivity contribution in [3.63, 3.8) is 0 Å². The van der Waals surface area contributed by atoms with Gasteiger partial charge in [-0.05, 0) is 31.1 Å². The average Bonchev–Trinajstić information content (AvgIpc) is 2.77. The zero-order valence-electron chi connectivity index (χ0n) is 8.60. The molecule has 2 saturated carbocycles. The van der Waals surface area contributed by atoms with Crippen LogP contribution in [0.4, 0.5) is 4.79 Å². The molecule has 84 valence electrons. The zero-order valence-corrected chi connectivity index (χ0v) is 8.60. The Labute approximate surface area is 87.8 Å². The van der Waals surface area contributed by atoms with Gasteiger partial charge in [0.2, 0.25) is 0 Å². The normalized spacial score (nSPS) is 37.7. The van der Waals surface area contributed by atoms with Crippen LogP contribution in [0.2, 0.25) is 0 Å². The van der Waals surface area contributed by atoms with Crippen LogP contribution in [0.3, 0.4) is 0 Å². The molecule has 4 atom stereocenters. The Hall–Kier alpha value is -1.26. The van der Waals surface area contributed by atoms with E-state index >= 15 is 0 Å². The molecule has 15 heavy (non-hydrogen) atoms. The maximum atomic E-state index is 11.1. The summed E-state index contributed by atoms with van der Waals surface area (Å²) in [5.74, 6) is -0.684. The number of hydrogen-bond donors (Lipinski definition) is 2. The van der Waals surface area contributed by atoms with E-state index in [0.717, 1.165) is 19.3 Å². The van der Waals surface area contributed by atoms with E-state index < -0.39 is 18.0 Å². The molecule has 0 radical (unpaired) electrons. The molecule has 2 aliphatic carbocycles. The lowest BCUT2D eigenvalue weighted by Gasteiger charge is -2.28. The SMILES string of the molecule is COC(=O)NC1C2CCC(C2)C1C(=O)O. The van der Waals surface area contributed by atoms with Crippen molar-refractivity contribution < 1.29 is 19.4 Å². The van der Waals surface area contributed by atoms with Gasteiger partial charge in [0.15, 0.2) is 0 Å². The van der Waals surface area contributed by atoms with Crippen LogP contribution in [-0.2, 0) is 9.53 Å². The first-order valence-electron chi connectivity index (χ1n) is 5.20. The quantitative estimate of drug-likeness (QED) is 0.712. The Balaban J connectivity index is 2.08. The second kappa shape index (κ2) is 3.72. The molecule has 2 N–H and O–H groups in total. The van der Waals surface area contributed by atoms with Gasteiger partial charge in [0.05, 0.1) is 13.0 Å². The summed E-state index contributed by atoms with van der Waals surface area (Å²) in [6.45, 7) is 0. The molecule has 0 aromatic carbocycles. The topological polar surface area (TPSA) is 75.6 Å². The number of rotatable bonds is 2. The molecule has 0 heterocycles. The molecule has 0 spiro atoms. The number of fused-ring (bicyclic) bond motifs is 2. The van der Waals surface area contributed by atoms with Crippen LogP contribution in [0.5, 0.6) is 0 Å². The van der Waals surface area contributed by atoms with Gasteiger partial charge in [-0.1, -0.05) is 0 Å². The molecule has 0 aromatic rings. The third kappa shape index (κ3) is 1.66. The van der Waals surface area contributed by atoms with Crippen LogP contribution in [0.25, 0.3) is 0 Å². The largest absolute Gasteiger partial charge is 0.481 e. The number of ether oxygens (including phenoxy) is 1. The van der Waals surface area contributed by atoms with Crippen molar-refractivity contribution in [2.45, 2.75) is 25.3 Å². The summed E-state index contributed by atoms with van der Waals surface area (Å²) in [5.41, 5.74) is 0. The number of carbonyl (C=O) groups excluding carboxylic acids is 1. The Morgan fingerprint density at radius 3 is 2.60 bits per heavy atom. The van der Waals surface area contributed by atoms with E-state index in [1.54, 1.807) is 0 Å². The summed E-state index contributed by atoms with van der Waals surface area (Å²) < 4.78 is 4.50. The highest BCUT2D eigenvalue weighted by molar-refractivity contribution is 5.74. The number of hydrogen-bond acceptors (Lipinski definition) is 3. The summed E-state index contributed by atoms with van der Waals surface area (Å²) in [7, 11) is 1.29. The van der Waals surface area contributed by atoms with E-state index in [2.05, 4.69) is 10.1 Å². The van der Waals surface area contributed by atoms with Crippen LogP contribution in [-0.4, -0.2) is 30.3 Å². The monoisotopic (exact) mass is 213 g/mol. The molecule has 2 bridgehead atoms. The Bertz CT molecular complexity index is 291. The summed E-state index contributed by atoms with van der Waals surface area (Å²) >= 11 is 0. The lowest BCUT2D eigenvalue weighted by Crippen LogP contribution is -2.46. The van der Waals surface area contributed by atoms with E-state index in [0.29, 0.717) is 5.92 Å². The van der Waals surface area contributed by atoms with Crippen molar-refractivity contribution in [2.24, 2.45) is 17.8 Å². The maximum absolute atomic E-state index is 11.1. The van der Waals surface area contributed by atoms with Crippen LogP contribution in [0, 0.1) is 17.8 Å². The van der Waals surface area contributed by atoms with Crippen molar-refractivity contribution in [3.05, 3.63) is 0 Å². The molecule has 5 nitrogen and oxygen atoms in total. The lowest BCUT2D eigenvalue weighted by molar-refractivity contribution is -0.144. The second-order valence-corrected chi connectivity index (χ2v) is 4.36. The number of nitrogens with one attached hydrogen (secondary N) is 1. The van der Waals surface area contributed by atoms with E-state index in [9.17, 15) is 9.59 Å². The first-order chi connectivity index (χ1) is 7.13. The number of carboxylic acid groups (broad SMARTS) is 1. The highest BCUT2D eigenvalue weighted by Gasteiger charge is 2.51. The third-order valence-electron chi connectivity index (χ3n) is 3.67. The summed E-state index contributed by atoms with van der Waals surface area (Å²) in [6, 6.07) is -0.242. The minimum atomic E-state index is -0.802. The van der Waals surface area contributed by atoms with Crippen LogP contribution < -0.4 is 5.32 Å². The maximum Gasteiger partial charge on any atom is 0.407 e. The van der Waals surface area contributed by atoms with Gasteiger partial charge in [0, 0.05) is 6.04 Å². The first-order valence-corrected chi connectivity index (χ1v) is 5.20. The second-order valence-electron chi connectivity index (χ2n) is 4.36. The predicted octanol–water partition coefficient (Wildman–Crippen LogP) is 0.842. The zero-order chi connectivity index (χ0) is 11.0. The fourth-order valence-corrected chi connectivity index (χ4v) is 3.05. The Morgan fingerprint density at radius 2 is 2.00 bits per heavy atom. The van der Waals surface area contributed by atoms with Gasteiger partial charge in [-0.2, -0.15) is 0 Å². The number of amides is 1. The van der Waals surface area contributed by atoms with Crippen LogP contribution in [0.15, 0.2) is 0 Å². The van der Waals surface area contributed by atoms with E-state index in [-0.39, 0.29) is 12.0 Å². The van der Waals surface area contributed by atoms with Gasteiger partial charge in [0.25, 0.3) is 0 Å². The highest BCUT2D eigenvalue weighted by atomic mass is 16.5. The Kier molecular flexibility index (Phi) is 2.54. The molecule has 5 heteroatoms. The lowest BCUT2D eigenvalue weighted by atomic mass is 9.84. The molecule has 1 amide bonds. The highest BCUT2D eigenvalue weighted by Crippen LogP contribution is 2.48. The molecule has 0 aliphatic heterocycles. The van der Waals surface area contributed by atoms with Crippen LogP contribution in [0.1, 0.15) is 19.3 Å². The van der Waals surface area contributed by atoms with Crippen LogP contribution >= 0.6 is 0 Å². The summed E-state index contributed by atoms with van der Waals surface area (Å²) in [6.07, 6.45) is 2.38. The predicted molar refractivity (Wildman–Crippen MR) is 51.3 cm³/mol. The number of carbonyl (C=O) groups is 2. The summed E-state index contributed by atoms with van der Waals surface area (Å²) in [4.78, 5) is 22.2. The number of aliphatic carboxylic acids is 1. The van der Waals surface area contributed by atoms with E-state index in [4.69, 9.17) is 5.11 Å². The van der Waals surface area contributed by atoms with Gasteiger partial charge in [-0.15, -0.1) is 0 Å². The molecule has 2 fully saturated rings. The number of alkyl carbamates (subject to hydrolysis) is 1. The molecular formula is C10H15NO4. The van der Waals surface area contributed by atoms with Gasteiger partial charge >= 0.3 is 12.1 Å². The van der Waals surface area contributed by atoms with E-state index in [1.807, 2.05) is 0 Å². The standard InChI is InChI=1S/C10H15NO4/c1-15-10(14)11-8-6-3-2-5(4-6)7(8)9(12)13/h5-8H,2-4H2,1H3,(H,11,14)(H,12,13). The summed E-state index contributed by atoms with van der Waals surface area (Å²) in [5, 5.41) is 11.7. The van der Waals surface area contributed by atoms with Crippen molar-refractivity contribution in [1.82, 2.24) is 5.32 Å². The fraction of sp³-hybridized carbons (Fsp3) is 0.800. The van der Waals surface area contributed by atoms with Gasteiger partial charge in [-0.25, -0.2) is 4.79 Å².